The van der Waals surface area contributed by atoms with Crippen molar-refractivity contribution in [2.45, 2.75) is 33.1 Å². The van der Waals surface area contributed by atoms with Crippen LogP contribution in [0.4, 0.5) is 5.69 Å². The second-order valence-electron chi connectivity index (χ2n) is 7.13. The van der Waals surface area contributed by atoms with Gasteiger partial charge in [0.05, 0.1) is 5.92 Å². The number of carbonyl (C=O) groups excluding carboxylic acids is 2. The lowest BCUT2D eigenvalue weighted by Gasteiger charge is -2.18. The summed E-state index contributed by atoms with van der Waals surface area (Å²) >= 11 is 0. The highest BCUT2D eigenvalue weighted by Crippen LogP contribution is 2.27. The van der Waals surface area contributed by atoms with E-state index in [1.165, 1.54) is 5.56 Å². The monoisotopic (exact) mass is 350 g/mol. The number of amides is 2. The van der Waals surface area contributed by atoms with Gasteiger partial charge in [0.25, 0.3) is 0 Å². The Morgan fingerprint density at radius 3 is 2.50 bits per heavy atom. The van der Waals surface area contributed by atoms with Crippen molar-refractivity contribution in [1.29, 1.82) is 0 Å². The third kappa shape index (κ3) is 4.51. The van der Waals surface area contributed by atoms with Gasteiger partial charge >= 0.3 is 0 Å². The minimum atomic E-state index is -0.264. The zero-order valence-corrected chi connectivity index (χ0v) is 15.5. The number of nitrogens with zero attached hydrogens (tertiary/aromatic N) is 1. The second-order valence-corrected chi connectivity index (χ2v) is 7.13. The highest BCUT2D eigenvalue weighted by Gasteiger charge is 2.35. The Morgan fingerprint density at radius 1 is 1.12 bits per heavy atom. The molecule has 0 radical (unpaired) electrons. The molecule has 0 aromatic heterocycles. The van der Waals surface area contributed by atoms with Crippen LogP contribution in [0.5, 0.6) is 0 Å². The average molecular weight is 350 g/mol. The van der Waals surface area contributed by atoms with Crippen LogP contribution in [0.25, 0.3) is 0 Å². The number of hydrogen-bond acceptors (Lipinski definition) is 2. The Kier molecular flexibility index (Phi) is 5.71. The fraction of sp³-hybridized carbons (Fsp3) is 0.364. The van der Waals surface area contributed by atoms with Gasteiger partial charge in [-0.05, 0) is 55.5 Å². The molecule has 2 aromatic carbocycles. The van der Waals surface area contributed by atoms with Crippen molar-refractivity contribution >= 4 is 17.5 Å². The predicted molar refractivity (Wildman–Crippen MR) is 104 cm³/mol. The maximum atomic E-state index is 12.4. The number of carbonyl (C=O) groups is 2. The molecule has 0 unspecified atom stereocenters. The van der Waals surface area contributed by atoms with Crippen LogP contribution in [0.2, 0.25) is 0 Å². The van der Waals surface area contributed by atoms with Crippen molar-refractivity contribution in [3.05, 3.63) is 65.2 Å². The van der Waals surface area contributed by atoms with E-state index >= 15 is 0 Å². The molecule has 2 aromatic rings. The molecule has 1 saturated heterocycles. The van der Waals surface area contributed by atoms with Crippen molar-refractivity contribution in [3.63, 3.8) is 0 Å². The van der Waals surface area contributed by atoms with Gasteiger partial charge in [0.2, 0.25) is 11.8 Å². The molecule has 2 amide bonds. The van der Waals surface area contributed by atoms with Crippen LogP contribution >= 0.6 is 0 Å². The topological polar surface area (TPSA) is 49.4 Å². The summed E-state index contributed by atoms with van der Waals surface area (Å²) in [5.41, 5.74) is 4.42. The quantitative estimate of drug-likeness (QED) is 0.812. The summed E-state index contributed by atoms with van der Waals surface area (Å²) in [6.07, 6.45) is 2.13. The van der Waals surface area contributed by atoms with E-state index < -0.39 is 0 Å². The summed E-state index contributed by atoms with van der Waals surface area (Å²) in [7, 11) is 0. The molecule has 4 nitrogen and oxygen atoms in total. The van der Waals surface area contributed by atoms with Gasteiger partial charge in [-0.3, -0.25) is 9.59 Å². The Bertz CT molecular complexity index is 766. The highest BCUT2D eigenvalue weighted by molar-refractivity contribution is 6.00. The van der Waals surface area contributed by atoms with E-state index in [1.807, 2.05) is 44.2 Å². The standard InChI is InChI=1S/C22H26N2O2/c1-16-11-17(2)13-20(12-16)24-15-19(14-21(24)25)22(26)23-10-6-9-18-7-4-3-5-8-18/h3-5,7-8,11-13,19H,6,9-10,14-15H2,1-2H3,(H,23,26)/t19-/m1/s1. The van der Waals surface area contributed by atoms with Crippen molar-refractivity contribution in [3.8, 4) is 0 Å². The number of aryl methyl sites for hydroxylation is 3. The average Bonchev–Trinajstić information content (AvgIpc) is 3.00. The van der Waals surface area contributed by atoms with E-state index in [1.54, 1.807) is 4.90 Å². The molecule has 1 aliphatic rings. The van der Waals surface area contributed by atoms with E-state index in [4.69, 9.17) is 0 Å². The Hall–Kier alpha value is -2.62. The van der Waals surface area contributed by atoms with Crippen LogP contribution in [0, 0.1) is 19.8 Å². The van der Waals surface area contributed by atoms with Crippen molar-refractivity contribution in [2.75, 3.05) is 18.0 Å². The number of rotatable bonds is 6. The van der Waals surface area contributed by atoms with Crippen molar-refractivity contribution in [1.82, 2.24) is 5.32 Å². The normalized spacial score (nSPS) is 16.8. The van der Waals surface area contributed by atoms with Crippen LogP contribution in [-0.2, 0) is 16.0 Å². The molecule has 1 atom stereocenters. The fourth-order valence-corrected chi connectivity index (χ4v) is 3.53. The lowest BCUT2D eigenvalue weighted by molar-refractivity contribution is -0.126. The maximum Gasteiger partial charge on any atom is 0.227 e. The molecule has 0 spiro atoms. The smallest absolute Gasteiger partial charge is 0.227 e. The molecular formula is C22H26N2O2. The summed E-state index contributed by atoms with van der Waals surface area (Å²) in [5, 5.41) is 2.99. The minimum absolute atomic E-state index is 0.0155. The first kappa shape index (κ1) is 18.2. The van der Waals surface area contributed by atoms with Gasteiger partial charge in [-0.1, -0.05) is 36.4 Å². The number of anilines is 1. The predicted octanol–water partition coefficient (Wildman–Crippen LogP) is 3.41. The molecule has 136 valence electrons. The Balaban J connectivity index is 1.50. The second kappa shape index (κ2) is 8.17. The van der Waals surface area contributed by atoms with E-state index in [9.17, 15) is 9.59 Å². The summed E-state index contributed by atoms with van der Waals surface area (Å²) in [5.74, 6) is -0.252. The molecule has 0 aliphatic carbocycles. The summed E-state index contributed by atoms with van der Waals surface area (Å²) < 4.78 is 0. The summed E-state index contributed by atoms with van der Waals surface area (Å²) in [4.78, 5) is 26.5. The third-order valence-electron chi connectivity index (χ3n) is 4.80. The van der Waals surface area contributed by atoms with E-state index in [0.29, 0.717) is 13.1 Å². The maximum absolute atomic E-state index is 12.4. The largest absolute Gasteiger partial charge is 0.356 e. The molecule has 26 heavy (non-hydrogen) atoms. The number of benzene rings is 2. The van der Waals surface area contributed by atoms with Gasteiger partial charge in [-0.25, -0.2) is 0 Å². The highest BCUT2D eigenvalue weighted by atomic mass is 16.2. The van der Waals surface area contributed by atoms with Gasteiger partial charge < -0.3 is 10.2 Å². The molecule has 0 saturated carbocycles. The van der Waals surface area contributed by atoms with Gasteiger partial charge in [-0.15, -0.1) is 0 Å². The van der Waals surface area contributed by atoms with Crippen molar-refractivity contribution < 1.29 is 9.59 Å². The summed E-state index contributed by atoms with van der Waals surface area (Å²) in [6, 6.07) is 16.3. The van der Waals surface area contributed by atoms with Crippen LogP contribution in [-0.4, -0.2) is 24.9 Å². The van der Waals surface area contributed by atoms with Gasteiger partial charge in [0.1, 0.15) is 0 Å². The van der Waals surface area contributed by atoms with Crippen LogP contribution in [0.15, 0.2) is 48.5 Å². The molecule has 1 fully saturated rings. The van der Waals surface area contributed by atoms with Gasteiger partial charge in [-0.2, -0.15) is 0 Å². The van der Waals surface area contributed by atoms with E-state index in [2.05, 4.69) is 23.5 Å². The molecule has 0 bridgehead atoms. The molecule has 1 aliphatic heterocycles. The number of nitrogens with one attached hydrogen (secondary N) is 1. The molecular weight excluding hydrogens is 324 g/mol. The van der Waals surface area contributed by atoms with Crippen LogP contribution in [0.3, 0.4) is 0 Å². The third-order valence-corrected chi connectivity index (χ3v) is 4.80. The van der Waals surface area contributed by atoms with Crippen LogP contribution < -0.4 is 10.2 Å². The molecule has 1 N–H and O–H groups in total. The zero-order chi connectivity index (χ0) is 18.5. The number of hydrogen-bond donors (Lipinski definition) is 1. The van der Waals surface area contributed by atoms with E-state index in [0.717, 1.165) is 29.7 Å². The molecule has 3 rings (SSSR count). The Morgan fingerprint density at radius 2 is 1.81 bits per heavy atom. The summed E-state index contributed by atoms with van der Waals surface area (Å²) in [6.45, 7) is 5.15. The molecule has 1 heterocycles. The first-order valence-corrected chi connectivity index (χ1v) is 9.23. The first-order valence-electron chi connectivity index (χ1n) is 9.23. The lowest BCUT2D eigenvalue weighted by Crippen LogP contribution is -2.33. The molecule has 4 heteroatoms. The lowest BCUT2D eigenvalue weighted by atomic mass is 10.1. The van der Waals surface area contributed by atoms with Crippen LogP contribution in [0.1, 0.15) is 29.5 Å². The van der Waals surface area contributed by atoms with Gasteiger partial charge in [0.15, 0.2) is 0 Å². The minimum Gasteiger partial charge on any atom is -0.356 e. The Labute approximate surface area is 155 Å². The fourth-order valence-electron chi connectivity index (χ4n) is 3.53. The first-order chi connectivity index (χ1) is 12.5. The zero-order valence-electron chi connectivity index (χ0n) is 15.5. The SMILES string of the molecule is Cc1cc(C)cc(N2C[C@H](C(=O)NCCCc3ccccc3)CC2=O)c1. The van der Waals surface area contributed by atoms with Crippen molar-refractivity contribution in [2.24, 2.45) is 5.92 Å². The van der Waals surface area contributed by atoms with Gasteiger partial charge in [0, 0.05) is 25.2 Å². The van der Waals surface area contributed by atoms with E-state index in [-0.39, 0.29) is 24.2 Å².